The lowest BCUT2D eigenvalue weighted by Gasteiger charge is -2.15. The van der Waals surface area contributed by atoms with Crippen LogP contribution in [0, 0.1) is 5.92 Å². The number of hydrogen-bond donors (Lipinski definition) is 0. The zero-order valence-electron chi connectivity index (χ0n) is 20.6. The van der Waals surface area contributed by atoms with E-state index in [9.17, 15) is 0 Å². The molecule has 1 heteroatoms. The zero-order valence-corrected chi connectivity index (χ0v) is 20.6. The predicted octanol–water partition coefficient (Wildman–Crippen LogP) is 9.40. The highest BCUT2D eigenvalue weighted by Gasteiger charge is 2.06. The molecule has 0 amide bonds. The van der Waals surface area contributed by atoms with Crippen molar-refractivity contribution in [3.05, 3.63) is 0 Å². The fourth-order valence-corrected chi connectivity index (χ4v) is 4.28. The molecule has 1 aliphatic carbocycles. The van der Waals surface area contributed by atoms with Crippen molar-refractivity contribution in [3.8, 4) is 0 Å². The first-order chi connectivity index (χ1) is 13.7. The van der Waals surface area contributed by atoms with Crippen molar-refractivity contribution in [1.82, 2.24) is 4.90 Å². The molecule has 0 bridgehead atoms. The Labute approximate surface area is 180 Å². The fraction of sp³-hybridized carbons (Fsp3) is 1.00. The molecule has 1 saturated carbocycles. The average molecular weight is 396 g/mol. The minimum atomic E-state index is 1.04. The summed E-state index contributed by atoms with van der Waals surface area (Å²) in [7, 11) is 4.34. The van der Waals surface area contributed by atoms with Gasteiger partial charge < -0.3 is 4.90 Å². The third-order valence-electron chi connectivity index (χ3n) is 6.35. The van der Waals surface area contributed by atoms with E-state index in [-0.39, 0.29) is 0 Å². The van der Waals surface area contributed by atoms with Gasteiger partial charge in [-0.25, -0.2) is 0 Å². The Balaban J connectivity index is 0.000000861. The Kier molecular flexibility index (Phi) is 23.2. The number of nitrogens with zero attached hydrogens (tertiary/aromatic N) is 1. The second-order valence-corrected chi connectivity index (χ2v) is 9.85. The van der Waals surface area contributed by atoms with Crippen LogP contribution < -0.4 is 0 Å². The maximum absolute atomic E-state index is 2.36. The van der Waals surface area contributed by atoms with E-state index in [0.717, 1.165) is 5.92 Å². The summed E-state index contributed by atoms with van der Waals surface area (Å²) in [5, 5.41) is 0. The van der Waals surface area contributed by atoms with Gasteiger partial charge >= 0.3 is 0 Å². The smallest absolute Gasteiger partial charge is 0.00248 e. The molecule has 170 valence electrons. The summed E-state index contributed by atoms with van der Waals surface area (Å²) in [6.45, 7) is 5.92. The second kappa shape index (κ2) is 23.2. The Morgan fingerprint density at radius 2 is 0.893 bits per heavy atom. The Morgan fingerprint density at radius 1 is 0.536 bits per heavy atom. The van der Waals surface area contributed by atoms with E-state index in [1.54, 1.807) is 0 Å². The minimum absolute atomic E-state index is 1.04. The van der Waals surface area contributed by atoms with Gasteiger partial charge in [0.25, 0.3) is 0 Å². The van der Waals surface area contributed by atoms with Crippen LogP contribution in [0.4, 0.5) is 0 Å². The van der Waals surface area contributed by atoms with E-state index in [4.69, 9.17) is 0 Å². The van der Waals surface area contributed by atoms with Gasteiger partial charge in [-0.05, 0) is 33.0 Å². The molecule has 0 atom stereocenters. The molecular weight excluding hydrogens is 338 g/mol. The molecule has 28 heavy (non-hydrogen) atoms. The molecule has 0 heterocycles. The molecule has 1 rings (SSSR count). The third-order valence-corrected chi connectivity index (χ3v) is 6.35. The lowest BCUT2D eigenvalue weighted by molar-refractivity contribution is 0.385. The molecule has 0 aromatic carbocycles. The molecule has 0 spiro atoms. The number of rotatable bonds is 17. The molecule has 0 N–H and O–H groups in total. The van der Waals surface area contributed by atoms with Crippen molar-refractivity contribution in [3.63, 3.8) is 0 Å². The van der Waals surface area contributed by atoms with E-state index in [1.165, 1.54) is 141 Å². The van der Waals surface area contributed by atoms with Crippen LogP contribution in [0.1, 0.15) is 149 Å². The van der Waals surface area contributed by atoms with Crippen molar-refractivity contribution in [1.29, 1.82) is 0 Å². The molecule has 0 aliphatic heterocycles. The highest BCUT2D eigenvalue weighted by atomic mass is 15.0. The first kappa shape index (κ1) is 28.0. The minimum Gasteiger partial charge on any atom is -0.309 e. The summed E-state index contributed by atoms with van der Waals surface area (Å²) < 4.78 is 0. The first-order valence-corrected chi connectivity index (χ1v) is 13.3. The third kappa shape index (κ3) is 24.0. The zero-order chi connectivity index (χ0) is 20.7. The molecule has 1 aliphatic rings. The summed E-state index contributed by atoms with van der Waals surface area (Å²) in [4.78, 5) is 2.30. The topological polar surface area (TPSA) is 3.24 Å². The van der Waals surface area contributed by atoms with Crippen LogP contribution in [0.3, 0.4) is 0 Å². The van der Waals surface area contributed by atoms with Gasteiger partial charge in [0, 0.05) is 0 Å². The number of hydrogen-bond acceptors (Lipinski definition) is 1. The van der Waals surface area contributed by atoms with Crippen LogP contribution >= 0.6 is 0 Å². The van der Waals surface area contributed by atoms with Crippen LogP contribution in [0.15, 0.2) is 0 Å². The van der Waals surface area contributed by atoms with Crippen molar-refractivity contribution in [2.24, 2.45) is 5.92 Å². The van der Waals surface area contributed by atoms with Crippen molar-refractivity contribution < 1.29 is 0 Å². The molecule has 0 saturated heterocycles. The largest absolute Gasteiger partial charge is 0.309 e. The van der Waals surface area contributed by atoms with Crippen molar-refractivity contribution in [2.75, 3.05) is 20.6 Å². The van der Waals surface area contributed by atoms with Crippen LogP contribution in [-0.2, 0) is 0 Å². The van der Waals surface area contributed by atoms with Gasteiger partial charge in [-0.2, -0.15) is 0 Å². The Morgan fingerprint density at radius 3 is 1.18 bits per heavy atom. The van der Waals surface area contributed by atoms with Gasteiger partial charge in [0.2, 0.25) is 0 Å². The standard InChI is InChI=1S/C20H43N.C7H14/c1-4-5-6-7-8-9-10-11-12-13-14-15-16-17-18-19-20-21(2)3;1-7-5-3-2-4-6-7/h4-20H2,1-3H3;7H,2-6H2,1H3. The van der Waals surface area contributed by atoms with Gasteiger partial charge in [0.05, 0.1) is 0 Å². The molecule has 0 radical (unpaired) electrons. The van der Waals surface area contributed by atoms with Crippen LogP contribution in [0.25, 0.3) is 0 Å². The van der Waals surface area contributed by atoms with Crippen LogP contribution in [-0.4, -0.2) is 25.5 Å². The summed E-state index contributed by atoms with van der Waals surface area (Å²) in [6, 6.07) is 0. The van der Waals surface area contributed by atoms with E-state index in [0.29, 0.717) is 0 Å². The van der Waals surface area contributed by atoms with E-state index >= 15 is 0 Å². The average Bonchev–Trinajstić information content (AvgIpc) is 2.68. The van der Waals surface area contributed by atoms with E-state index in [2.05, 4.69) is 32.8 Å². The van der Waals surface area contributed by atoms with Gasteiger partial charge in [-0.3, -0.25) is 0 Å². The monoisotopic (exact) mass is 395 g/mol. The molecule has 0 aromatic heterocycles. The lowest BCUT2D eigenvalue weighted by atomic mass is 9.91. The normalized spacial score (nSPS) is 14.9. The predicted molar refractivity (Wildman–Crippen MR) is 130 cm³/mol. The van der Waals surface area contributed by atoms with Crippen molar-refractivity contribution >= 4 is 0 Å². The summed E-state index contributed by atoms with van der Waals surface area (Å²) in [6.07, 6.45) is 30.7. The maximum atomic E-state index is 2.36. The van der Waals surface area contributed by atoms with E-state index in [1.807, 2.05) is 0 Å². The Hall–Kier alpha value is -0.0400. The summed E-state index contributed by atoms with van der Waals surface area (Å²) in [5.74, 6) is 1.04. The van der Waals surface area contributed by atoms with Gasteiger partial charge in [0.1, 0.15) is 0 Å². The Bertz CT molecular complexity index is 267. The SMILES string of the molecule is CC1CCCCC1.CCCCCCCCCCCCCCCCCCN(C)C. The summed E-state index contributed by atoms with van der Waals surface area (Å²) in [5.41, 5.74) is 0. The highest BCUT2D eigenvalue weighted by molar-refractivity contribution is 4.59. The fourth-order valence-electron chi connectivity index (χ4n) is 4.28. The van der Waals surface area contributed by atoms with Crippen molar-refractivity contribution in [2.45, 2.75) is 149 Å². The molecule has 0 aromatic rings. The van der Waals surface area contributed by atoms with E-state index < -0.39 is 0 Å². The summed E-state index contributed by atoms with van der Waals surface area (Å²) >= 11 is 0. The van der Waals surface area contributed by atoms with Gasteiger partial charge in [-0.15, -0.1) is 0 Å². The van der Waals surface area contributed by atoms with Crippen LogP contribution in [0.2, 0.25) is 0 Å². The second-order valence-electron chi connectivity index (χ2n) is 9.85. The quantitative estimate of drug-likeness (QED) is 0.222. The number of unbranched alkanes of at least 4 members (excludes halogenated alkanes) is 15. The molecule has 1 nitrogen and oxygen atoms in total. The van der Waals surface area contributed by atoms with Gasteiger partial charge in [0.15, 0.2) is 0 Å². The molecular formula is C27H57N. The molecule has 1 fully saturated rings. The first-order valence-electron chi connectivity index (χ1n) is 13.3. The van der Waals surface area contributed by atoms with Crippen LogP contribution in [0.5, 0.6) is 0 Å². The van der Waals surface area contributed by atoms with Gasteiger partial charge in [-0.1, -0.05) is 142 Å². The molecule has 0 unspecified atom stereocenters. The highest BCUT2D eigenvalue weighted by Crippen LogP contribution is 2.22. The maximum Gasteiger partial charge on any atom is -0.00248 e. The lowest BCUT2D eigenvalue weighted by Crippen LogP contribution is -2.12.